The fourth-order valence-corrected chi connectivity index (χ4v) is 9.07. The molecule has 0 spiro atoms. The maximum absolute atomic E-state index is 5.26. The lowest BCUT2D eigenvalue weighted by molar-refractivity contribution is 0.768. The minimum absolute atomic E-state index is 0.534. The molecular formula is C56H37N3. The number of nitrogens with zero attached hydrogens (tertiary/aromatic N) is 3. The fourth-order valence-electron chi connectivity index (χ4n) is 9.07. The van der Waals surface area contributed by atoms with Gasteiger partial charge in [-0.2, -0.15) is 0 Å². The zero-order valence-corrected chi connectivity index (χ0v) is 32.2. The van der Waals surface area contributed by atoms with Crippen molar-refractivity contribution >= 4 is 10.8 Å². The van der Waals surface area contributed by atoms with E-state index in [1.54, 1.807) is 0 Å². The Balaban J connectivity index is 1.09. The van der Waals surface area contributed by atoms with Gasteiger partial charge in [-0.3, -0.25) is 0 Å². The Bertz CT molecular complexity index is 3080. The van der Waals surface area contributed by atoms with E-state index in [9.17, 15) is 0 Å². The monoisotopic (exact) mass is 751 g/mol. The van der Waals surface area contributed by atoms with Gasteiger partial charge in [0.1, 0.15) is 0 Å². The van der Waals surface area contributed by atoms with Crippen LogP contribution in [0.2, 0.25) is 0 Å². The lowest BCUT2D eigenvalue weighted by Gasteiger charge is -2.34. The van der Waals surface area contributed by atoms with Crippen LogP contribution in [0.15, 0.2) is 224 Å². The van der Waals surface area contributed by atoms with Crippen LogP contribution < -0.4 is 0 Å². The number of hydrogen-bond donors (Lipinski definition) is 0. The van der Waals surface area contributed by atoms with Crippen molar-refractivity contribution in [1.82, 2.24) is 15.0 Å². The third-order valence-electron chi connectivity index (χ3n) is 11.8. The quantitative estimate of drug-likeness (QED) is 0.163. The maximum Gasteiger partial charge on any atom is 0.164 e. The van der Waals surface area contributed by atoms with Crippen molar-refractivity contribution in [3.05, 3.63) is 247 Å². The van der Waals surface area contributed by atoms with E-state index < -0.39 is 5.41 Å². The number of rotatable bonds is 7. The Kier molecular flexibility index (Phi) is 8.37. The van der Waals surface area contributed by atoms with E-state index in [1.807, 2.05) is 6.07 Å². The van der Waals surface area contributed by atoms with Crippen LogP contribution in [-0.4, -0.2) is 15.0 Å². The predicted molar refractivity (Wildman–Crippen MR) is 242 cm³/mol. The molecule has 0 amide bonds. The van der Waals surface area contributed by atoms with Gasteiger partial charge >= 0.3 is 0 Å². The molecule has 0 saturated carbocycles. The second kappa shape index (κ2) is 14.3. The summed E-state index contributed by atoms with van der Waals surface area (Å²) in [7, 11) is 0. The Labute approximate surface area is 344 Å². The minimum atomic E-state index is -0.534. The Hall–Kier alpha value is -7.75. The van der Waals surface area contributed by atoms with E-state index in [0.29, 0.717) is 17.5 Å². The summed E-state index contributed by atoms with van der Waals surface area (Å²) in [5.74, 6) is 1.88. The molecule has 0 atom stereocenters. The first-order valence-corrected chi connectivity index (χ1v) is 20.1. The third-order valence-corrected chi connectivity index (χ3v) is 11.8. The highest BCUT2D eigenvalue weighted by atomic mass is 15.0. The smallest absolute Gasteiger partial charge is 0.164 e. The van der Waals surface area contributed by atoms with Crippen molar-refractivity contribution in [2.75, 3.05) is 0 Å². The molecule has 0 unspecified atom stereocenters. The molecular weight excluding hydrogens is 715 g/mol. The van der Waals surface area contributed by atoms with Crippen LogP contribution in [0.4, 0.5) is 0 Å². The van der Waals surface area contributed by atoms with Gasteiger partial charge in [0, 0.05) is 16.7 Å². The van der Waals surface area contributed by atoms with E-state index in [-0.39, 0.29) is 0 Å². The summed E-state index contributed by atoms with van der Waals surface area (Å²) in [6.45, 7) is 0. The molecule has 0 saturated heterocycles. The summed E-state index contributed by atoms with van der Waals surface area (Å²) < 4.78 is 0. The third kappa shape index (κ3) is 5.86. The topological polar surface area (TPSA) is 38.7 Å². The highest BCUT2D eigenvalue weighted by Crippen LogP contribution is 2.56. The Morgan fingerprint density at radius 3 is 1.37 bits per heavy atom. The first-order valence-electron chi connectivity index (χ1n) is 20.1. The standard InChI is InChI=1S/C56H37N3/c1-4-15-38(16-5-1)39-27-31-42(32-28-39)53-57-54(43-33-29-41(30-34-43)48-25-14-18-40-17-10-11-23-47(40)48)59-55(58-53)44-35-36-50-49-24-12-13-26-51(49)56(52(50)37-44,45-19-6-2-7-20-45)46-21-8-3-9-22-46/h1-37H. The van der Waals surface area contributed by atoms with Gasteiger partial charge in [0.25, 0.3) is 0 Å². The van der Waals surface area contributed by atoms with E-state index >= 15 is 0 Å². The SMILES string of the molecule is c1ccc(-c2ccc(-c3nc(-c4ccc(-c5cccc6ccccc56)cc4)nc(-c4ccc5c(c4)C(c4ccccc4)(c4ccccc4)c4ccccc4-5)n3)cc2)cc1. The van der Waals surface area contributed by atoms with Crippen molar-refractivity contribution in [2.45, 2.75) is 5.41 Å². The summed E-state index contributed by atoms with van der Waals surface area (Å²) >= 11 is 0. The van der Waals surface area contributed by atoms with Crippen LogP contribution in [0.5, 0.6) is 0 Å². The molecule has 1 aromatic heterocycles. The van der Waals surface area contributed by atoms with Crippen LogP contribution in [0, 0.1) is 0 Å². The van der Waals surface area contributed by atoms with Crippen LogP contribution in [0.25, 0.3) is 78.3 Å². The summed E-state index contributed by atoms with van der Waals surface area (Å²) in [4.78, 5) is 15.7. The summed E-state index contributed by atoms with van der Waals surface area (Å²) in [5.41, 5.74) is 14.3. The van der Waals surface area contributed by atoms with Gasteiger partial charge in [0.15, 0.2) is 17.5 Å². The highest BCUT2D eigenvalue weighted by Gasteiger charge is 2.46. The van der Waals surface area contributed by atoms with Gasteiger partial charge in [0.2, 0.25) is 0 Å². The zero-order chi connectivity index (χ0) is 39.2. The second-order valence-corrected chi connectivity index (χ2v) is 15.1. The molecule has 1 heterocycles. The molecule has 1 aliphatic carbocycles. The van der Waals surface area contributed by atoms with Gasteiger partial charge < -0.3 is 0 Å². The molecule has 276 valence electrons. The molecule has 0 bridgehead atoms. The molecule has 0 N–H and O–H groups in total. The molecule has 11 rings (SSSR count). The molecule has 0 fully saturated rings. The first kappa shape index (κ1) is 34.5. The van der Waals surface area contributed by atoms with Crippen LogP contribution in [0.1, 0.15) is 22.3 Å². The van der Waals surface area contributed by atoms with Crippen molar-refractivity contribution < 1.29 is 0 Å². The lowest BCUT2D eigenvalue weighted by atomic mass is 9.67. The highest BCUT2D eigenvalue weighted by molar-refractivity contribution is 5.97. The van der Waals surface area contributed by atoms with Gasteiger partial charge in [-0.25, -0.2) is 15.0 Å². The molecule has 59 heavy (non-hydrogen) atoms. The molecule has 3 nitrogen and oxygen atoms in total. The number of aromatic nitrogens is 3. The van der Waals surface area contributed by atoms with Crippen LogP contribution >= 0.6 is 0 Å². The van der Waals surface area contributed by atoms with Crippen LogP contribution in [-0.2, 0) is 5.41 Å². The van der Waals surface area contributed by atoms with Crippen molar-refractivity contribution in [2.24, 2.45) is 0 Å². The van der Waals surface area contributed by atoms with Crippen molar-refractivity contribution in [3.63, 3.8) is 0 Å². The second-order valence-electron chi connectivity index (χ2n) is 15.1. The summed E-state index contributed by atoms with van der Waals surface area (Å²) in [6.07, 6.45) is 0. The zero-order valence-electron chi connectivity index (χ0n) is 32.2. The average molecular weight is 752 g/mol. The molecule has 0 radical (unpaired) electrons. The van der Waals surface area contributed by atoms with E-state index in [1.165, 1.54) is 55.3 Å². The van der Waals surface area contributed by atoms with E-state index in [4.69, 9.17) is 15.0 Å². The fraction of sp³-hybridized carbons (Fsp3) is 0.0179. The minimum Gasteiger partial charge on any atom is -0.208 e. The van der Waals surface area contributed by atoms with Crippen LogP contribution in [0.3, 0.4) is 0 Å². The molecule has 3 heteroatoms. The van der Waals surface area contributed by atoms with Gasteiger partial charge in [-0.1, -0.05) is 218 Å². The number of fused-ring (bicyclic) bond motifs is 4. The van der Waals surface area contributed by atoms with Gasteiger partial charge in [0.05, 0.1) is 5.41 Å². The van der Waals surface area contributed by atoms with Crippen molar-refractivity contribution in [3.8, 4) is 67.5 Å². The molecule has 9 aromatic carbocycles. The largest absolute Gasteiger partial charge is 0.208 e. The van der Waals surface area contributed by atoms with Crippen molar-refractivity contribution in [1.29, 1.82) is 0 Å². The van der Waals surface area contributed by atoms with Gasteiger partial charge in [-0.15, -0.1) is 0 Å². The van der Waals surface area contributed by atoms with E-state index in [2.05, 4.69) is 218 Å². The lowest BCUT2D eigenvalue weighted by Crippen LogP contribution is -2.28. The predicted octanol–water partition coefficient (Wildman–Crippen LogP) is 13.7. The maximum atomic E-state index is 5.26. The van der Waals surface area contributed by atoms with E-state index in [0.717, 1.165) is 27.8 Å². The molecule has 0 aliphatic heterocycles. The van der Waals surface area contributed by atoms with Gasteiger partial charge in [-0.05, 0) is 72.5 Å². The summed E-state index contributed by atoms with van der Waals surface area (Å²) in [5, 5.41) is 2.45. The average Bonchev–Trinajstić information content (AvgIpc) is 3.62. The normalized spacial score (nSPS) is 12.5. The summed E-state index contributed by atoms with van der Waals surface area (Å²) in [6, 6.07) is 80.0. The Morgan fingerprint density at radius 1 is 0.271 bits per heavy atom. The number of hydrogen-bond acceptors (Lipinski definition) is 3. The molecule has 10 aromatic rings. The first-order chi connectivity index (χ1) is 29.2. The molecule has 1 aliphatic rings. The number of benzene rings is 9. The Morgan fingerprint density at radius 2 is 0.712 bits per heavy atom.